The summed E-state index contributed by atoms with van der Waals surface area (Å²) >= 11 is 0. The first-order valence-electron chi connectivity index (χ1n) is 7.94. The number of benzene rings is 1. The Hall–Kier alpha value is -0.900. The zero-order chi connectivity index (χ0) is 13.8. The summed E-state index contributed by atoms with van der Waals surface area (Å²) in [5.41, 5.74) is 2.76. The minimum atomic E-state index is 0.362. The maximum absolute atomic E-state index is 5.70. The monoisotopic (exact) mass is 274 g/mol. The van der Waals surface area contributed by atoms with Crippen LogP contribution in [0.15, 0.2) is 24.3 Å². The van der Waals surface area contributed by atoms with Crippen LogP contribution >= 0.6 is 0 Å². The largest absolute Gasteiger partial charge is 0.375 e. The molecule has 0 bridgehead atoms. The van der Waals surface area contributed by atoms with Crippen molar-refractivity contribution in [1.82, 2.24) is 10.2 Å². The van der Waals surface area contributed by atoms with Gasteiger partial charge in [0.1, 0.15) is 0 Å². The van der Waals surface area contributed by atoms with E-state index in [9.17, 15) is 0 Å². The van der Waals surface area contributed by atoms with E-state index in [0.717, 1.165) is 19.8 Å². The first-order valence-corrected chi connectivity index (χ1v) is 7.94. The molecule has 1 aromatic carbocycles. The zero-order valence-electron chi connectivity index (χ0n) is 12.5. The molecule has 110 valence electrons. The molecule has 1 aromatic rings. The van der Waals surface area contributed by atoms with Crippen LogP contribution in [0.25, 0.3) is 0 Å². The number of hydrogen-bond donors (Lipinski definition) is 1. The Bertz CT molecular complexity index is 429. The van der Waals surface area contributed by atoms with Gasteiger partial charge < -0.3 is 15.0 Å². The maximum Gasteiger partial charge on any atom is 0.0721 e. The van der Waals surface area contributed by atoms with Crippen molar-refractivity contribution in [3.05, 3.63) is 35.4 Å². The lowest BCUT2D eigenvalue weighted by Gasteiger charge is -2.28. The molecule has 0 amide bonds. The third-order valence-electron chi connectivity index (χ3n) is 4.45. The van der Waals surface area contributed by atoms with Crippen LogP contribution in [0.3, 0.4) is 0 Å². The molecule has 20 heavy (non-hydrogen) atoms. The normalized spacial score (nSPS) is 24.6. The van der Waals surface area contributed by atoms with E-state index < -0.39 is 0 Å². The van der Waals surface area contributed by atoms with Crippen molar-refractivity contribution >= 4 is 0 Å². The summed E-state index contributed by atoms with van der Waals surface area (Å²) in [5.74, 6) is 0.696. The molecule has 0 aromatic heterocycles. The standard InChI is InChI=1S/C17H26N2O/c1-14(11-19-8-4-5-9-19)10-18-17-13-20-12-15-6-2-3-7-16(15)17/h2-3,6-7,14,17-18H,4-5,8-13H2,1H3. The highest BCUT2D eigenvalue weighted by Crippen LogP contribution is 2.24. The van der Waals surface area contributed by atoms with Crippen LogP contribution in [0.1, 0.15) is 36.9 Å². The van der Waals surface area contributed by atoms with Gasteiger partial charge in [0.25, 0.3) is 0 Å². The number of hydrogen-bond acceptors (Lipinski definition) is 3. The first kappa shape index (κ1) is 14.1. The van der Waals surface area contributed by atoms with Crippen LogP contribution in [0, 0.1) is 5.92 Å². The summed E-state index contributed by atoms with van der Waals surface area (Å²) < 4.78 is 5.70. The Morgan fingerprint density at radius 1 is 1.30 bits per heavy atom. The maximum atomic E-state index is 5.70. The van der Waals surface area contributed by atoms with Crippen molar-refractivity contribution in [3.63, 3.8) is 0 Å². The minimum Gasteiger partial charge on any atom is -0.375 e. The lowest BCUT2D eigenvalue weighted by Crippen LogP contribution is -2.36. The number of fused-ring (bicyclic) bond motifs is 1. The molecule has 0 spiro atoms. The quantitative estimate of drug-likeness (QED) is 0.893. The second-order valence-electron chi connectivity index (χ2n) is 6.29. The molecular weight excluding hydrogens is 248 g/mol. The molecule has 0 aliphatic carbocycles. The van der Waals surface area contributed by atoms with E-state index in [1.807, 2.05) is 0 Å². The van der Waals surface area contributed by atoms with Crippen molar-refractivity contribution < 1.29 is 4.74 Å². The van der Waals surface area contributed by atoms with Gasteiger partial charge in [-0.15, -0.1) is 0 Å². The van der Waals surface area contributed by atoms with Gasteiger partial charge in [-0.25, -0.2) is 0 Å². The van der Waals surface area contributed by atoms with Gasteiger partial charge in [-0.2, -0.15) is 0 Å². The summed E-state index contributed by atoms with van der Waals surface area (Å²) in [4.78, 5) is 2.59. The Morgan fingerprint density at radius 3 is 2.95 bits per heavy atom. The van der Waals surface area contributed by atoms with E-state index in [4.69, 9.17) is 4.74 Å². The highest BCUT2D eigenvalue weighted by Gasteiger charge is 2.21. The molecule has 1 fully saturated rings. The van der Waals surface area contributed by atoms with Gasteiger partial charge in [-0.1, -0.05) is 31.2 Å². The predicted molar refractivity (Wildman–Crippen MR) is 81.7 cm³/mol. The van der Waals surface area contributed by atoms with Gasteiger partial charge in [-0.05, 0) is 49.5 Å². The third kappa shape index (κ3) is 3.40. The van der Waals surface area contributed by atoms with Crippen LogP contribution in [0.4, 0.5) is 0 Å². The summed E-state index contributed by atoms with van der Waals surface area (Å²) in [6, 6.07) is 9.01. The molecule has 2 unspecified atom stereocenters. The number of rotatable bonds is 5. The second kappa shape index (κ2) is 6.70. The molecule has 0 radical (unpaired) electrons. The topological polar surface area (TPSA) is 24.5 Å². The Kier molecular flexibility index (Phi) is 4.71. The Labute approximate surface area is 122 Å². The van der Waals surface area contributed by atoms with E-state index in [2.05, 4.69) is 41.4 Å². The molecule has 2 aliphatic rings. The van der Waals surface area contributed by atoms with Gasteiger partial charge in [0.05, 0.1) is 19.3 Å². The number of nitrogens with zero attached hydrogens (tertiary/aromatic N) is 1. The van der Waals surface area contributed by atoms with Crippen molar-refractivity contribution in [2.75, 3.05) is 32.8 Å². The summed E-state index contributed by atoms with van der Waals surface area (Å²) in [6.07, 6.45) is 2.76. The number of likely N-dealkylation sites (tertiary alicyclic amines) is 1. The zero-order valence-corrected chi connectivity index (χ0v) is 12.5. The number of ether oxygens (including phenoxy) is 1. The summed E-state index contributed by atoms with van der Waals surface area (Å²) in [5, 5.41) is 3.70. The lowest BCUT2D eigenvalue weighted by atomic mass is 9.98. The van der Waals surface area contributed by atoms with Crippen LogP contribution in [0.2, 0.25) is 0 Å². The minimum absolute atomic E-state index is 0.362. The van der Waals surface area contributed by atoms with Gasteiger partial charge in [-0.3, -0.25) is 0 Å². The lowest BCUT2D eigenvalue weighted by molar-refractivity contribution is 0.0805. The average molecular weight is 274 g/mol. The first-order chi connectivity index (χ1) is 9.83. The molecule has 3 rings (SSSR count). The Balaban J connectivity index is 1.51. The summed E-state index contributed by atoms with van der Waals surface area (Å²) in [7, 11) is 0. The third-order valence-corrected chi connectivity index (χ3v) is 4.45. The molecule has 3 nitrogen and oxygen atoms in total. The second-order valence-corrected chi connectivity index (χ2v) is 6.29. The Morgan fingerprint density at radius 2 is 2.10 bits per heavy atom. The van der Waals surface area contributed by atoms with Crippen molar-refractivity contribution in [2.45, 2.75) is 32.4 Å². The van der Waals surface area contributed by atoms with Crippen molar-refractivity contribution in [1.29, 1.82) is 0 Å². The van der Waals surface area contributed by atoms with E-state index in [1.54, 1.807) is 0 Å². The molecule has 1 saturated heterocycles. The van der Waals surface area contributed by atoms with Crippen molar-refractivity contribution in [3.8, 4) is 0 Å². The molecule has 1 N–H and O–H groups in total. The summed E-state index contributed by atoms with van der Waals surface area (Å²) in [6.45, 7) is 8.78. The van der Waals surface area contributed by atoms with E-state index >= 15 is 0 Å². The highest BCUT2D eigenvalue weighted by atomic mass is 16.5. The molecule has 2 aliphatic heterocycles. The van der Waals surface area contributed by atoms with Gasteiger partial charge >= 0.3 is 0 Å². The fourth-order valence-electron chi connectivity index (χ4n) is 3.36. The van der Waals surface area contributed by atoms with Crippen LogP contribution in [-0.2, 0) is 11.3 Å². The van der Waals surface area contributed by atoms with Gasteiger partial charge in [0.2, 0.25) is 0 Å². The van der Waals surface area contributed by atoms with Gasteiger partial charge in [0.15, 0.2) is 0 Å². The van der Waals surface area contributed by atoms with Crippen LogP contribution in [0.5, 0.6) is 0 Å². The predicted octanol–water partition coefficient (Wildman–Crippen LogP) is 2.58. The molecule has 2 heterocycles. The van der Waals surface area contributed by atoms with Crippen LogP contribution in [-0.4, -0.2) is 37.7 Å². The van der Waals surface area contributed by atoms with Crippen LogP contribution < -0.4 is 5.32 Å². The fourth-order valence-corrected chi connectivity index (χ4v) is 3.36. The average Bonchev–Trinajstić information content (AvgIpc) is 2.98. The fraction of sp³-hybridized carbons (Fsp3) is 0.647. The molecular formula is C17H26N2O. The molecule has 0 saturated carbocycles. The molecule has 3 heteroatoms. The van der Waals surface area contributed by atoms with E-state index in [-0.39, 0.29) is 0 Å². The van der Waals surface area contributed by atoms with E-state index in [0.29, 0.717) is 12.0 Å². The SMILES string of the molecule is CC(CNC1COCc2ccccc21)CN1CCCC1. The highest BCUT2D eigenvalue weighted by molar-refractivity contribution is 5.31. The number of nitrogens with one attached hydrogen (secondary N) is 1. The van der Waals surface area contributed by atoms with Gasteiger partial charge in [0, 0.05) is 6.54 Å². The van der Waals surface area contributed by atoms with E-state index in [1.165, 1.54) is 43.6 Å². The van der Waals surface area contributed by atoms with Crippen molar-refractivity contribution in [2.24, 2.45) is 5.92 Å². The molecule has 2 atom stereocenters. The smallest absolute Gasteiger partial charge is 0.0721 e.